The fourth-order valence-corrected chi connectivity index (χ4v) is 8.34. The van der Waals surface area contributed by atoms with E-state index in [2.05, 4.69) is 29.9 Å². The molecular formula is C21H22FN10O10P2S2-. The van der Waals surface area contributed by atoms with E-state index in [1.54, 1.807) is 0 Å². The molecule has 25 heteroatoms. The number of nitrogens with one attached hydrogen (secondary N) is 1. The number of nitrogens with two attached hydrogens (primary N) is 2. The number of aromatic amines is 1. The van der Waals surface area contributed by atoms with E-state index in [4.69, 9.17) is 50.8 Å². The van der Waals surface area contributed by atoms with Crippen molar-refractivity contribution in [1.82, 2.24) is 39.0 Å². The summed E-state index contributed by atoms with van der Waals surface area (Å²) in [7, 11) is 0. The molecule has 3 aliphatic rings. The molecule has 0 aromatic carbocycles. The number of ether oxygens (including phenoxy) is 2. The molecule has 20 nitrogen and oxygen atoms in total. The van der Waals surface area contributed by atoms with Crippen LogP contribution in [0.2, 0.25) is 0 Å². The Morgan fingerprint density at radius 1 is 1.15 bits per heavy atom. The fraction of sp³-hybridized carbons (Fsp3) is 0.429. The number of aromatic nitrogens is 8. The number of nitrogens with zero attached hydrogens (tertiary/aromatic N) is 7. The van der Waals surface area contributed by atoms with Crippen LogP contribution < -0.4 is 21.9 Å². The van der Waals surface area contributed by atoms with E-state index >= 15 is 4.39 Å². The Balaban J connectivity index is 1.23. The number of aliphatic hydroxyl groups excluding tert-OH is 1. The summed E-state index contributed by atoms with van der Waals surface area (Å²) in [5, 5.41) is 11.2. The summed E-state index contributed by atoms with van der Waals surface area (Å²) < 4.78 is 66.3. The molecule has 0 radical (unpaired) electrons. The molecule has 0 saturated carbocycles. The average Bonchev–Trinajstić information content (AvgIpc) is 3.77. The number of fused-ring (bicyclic) bond motifs is 4. The number of nitrogen functional groups attached to an aromatic ring is 2. The van der Waals surface area contributed by atoms with E-state index in [0.29, 0.717) is 11.4 Å². The Bertz CT molecular complexity index is 2040. The van der Waals surface area contributed by atoms with Crippen molar-refractivity contribution in [3.8, 4) is 0 Å². The Morgan fingerprint density at radius 3 is 2.65 bits per heavy atom. The van der Waals surface area contributed by atoms with Gasteiger partial charge in [0.15, 0.2) is 40.4 Å². The van der Waals surface area contributed by atoms with Crippen LogP contribution in [0.25, 0.3) is 22.3 Å². The third-order valence-corrected chi connectivity index (χ3v) is 11.9. The molecule has 46 heavy (non-hydrogen) atoms. The number of H-pyrrole nitrogens is 1. The van der Waals surface area contributed by atoms with Crippen LogP contribution in [0.4, 0.5) is 16.2 Å². The number of hydrogen-bond acceptors (Lipinski definition) is 19. The zero-order chi connectivity index (χ0) is 32.5. The van der Waals surface area contributed by atoms with Gasteiger partial charge in [-0.3, -0.25) is 23.4 Å². The Hall–Kier alpha value is -3.24. The van der Waals surface area contributed by atoms with E-state index in [1.807, 2.05) is 0 Å². The SMILES string of the molecule is CSP1(=O)OCC2OC(n3cnc4c(=O)[nH]c(N)nc43)C(OP([O-])(=S)OCC3=C(O1)C(F)C(n1cnc4c(N)ncnc41)O3)C2O. The second-order valence-corrected chi connectivity index (χ2v) is 16.8. The van der Waals surface area contributed by atoms with Crippen molar-refractivity contribution in [2.75, 3.05) is 30.9 Å². The molecule has 246 valence electrons. The molecule has 4 aromatic heterocycles. The molecule has 1 saturated heterocycles. The fourth-order valence-electron chi connectivity index (χ4n) is 5.05. The van der Waals surface area contributed by atoms with Crippen LogP contribution in [0.5, 0.6) is 0 Å². The third kappa shape index (κ3) is 5.35. The lowest BCUT2D eigenvalue weighted by molar-refractivity contribution is -0.216. The maximum absolute atomic E-state index is 16.1. The number of hydrogen-bond donors (Lipinski definition) is 4. The minimum atomic E-state index is -4.56. The predicted octanol–water partition coefficient (Wildman–Crippen LogP) is -0.0348. The first-order valence-electron chi connectivity index (χ1n) is 13.0. The topological polar surface area (TPSA) is 275 Å². The average molecular weight is 720 g/mol. The van der Waals surface area contributed by atoms with Crippen LogP contribution >= 0.6 is 24.9 Å². The zero-order valence-corrected chi connectivity index (χ0v) is 26.5. The van der Waals surface area contributed by atoms with Crippen LogP contribution in [0.3, 0.4) is 0 Å². The molecule has 1 fully saturated rings. The first-order chi connectivity index (χ1) is 21.9. The number of aliphatic hydroxyl groups is 1. The Labute approximate surface area is 264 Å². The first kappa shape index (κ1) is 31.4. The summed E-state index contributed by atoms with van der Waals surface area (Å²) in [6.07, 6.45) is -4.53. The van der Waals surface area contributed by atoms with Gasteiger partial charge in [0, 0.05) is 0 Å². The molecule has 0 aliphatic carbocycles. The molecular weight excluding hydrogens is 697 g/mol. The largest absolute Gasteiger partial charge is 0.780 e. The Kier molecular flexibility index (Phi) is 7.82. The van der Waals surface area contributed by atoms with Gasteiger partial charge in [-0.1, -0.05) is 11.8 Å². The van der Waals surface area contributed by atoms with Crippen molar-refractivity contribution in [3.63, 3.8) is 0 Å². The highest BCUT2D eigenvalue weighted by Gasteiger charge is 2.50. The quantitative estimate of drug-likeness (QED) is 0.202. The molecule has 8 unspecified atom stereocenters. The zero-order valence-electron chi connectivity index (χ0n) is 23.1. The monoisotopic (exact) mass is 719 g/mol. The molecule has 0 amide bonds. The number of rotatable bonds is 3. The van der Waals surface area contributed by atoms with Crippen molar-refractivity contribution >= 4 is 70.8 Å². The molecule has 0 spiro atoms. The molecule has 8 atom stereocenters. The van der Waals surface area contributed by atoms with E-state index in [0.717, 1.165) is 6.33 Å². The molecule has 7 rings (SSSR count). The highest BCUT2D eigenvalue weighted by molar-refractivity contribution is 8.54. The van der Waals surface area contributed by atoms with E-state index in [-0.39, 0.29) is 39.9 Å². The maximum atomic E-state index is 16.1. The second kappa shape index (κ2) is 11.5. The van der Waals surface area contributed by atoms with E-state index in [1.165, 1.54) is 28.0 Å². The van der Waals surface area contributed by atoms with Crippen molar-refractivity contribution in [2.45, 2.75) is 36.9 Å². The number of anilines is 2. The normalized spacial score (nSPS) is 33.7. The summed E-state index contributed by atoms with van der Waals surface area (Å²) in [6, 6.07) is 0. The molecule has 4 aromatic rings. The summed E-state index contributed by atoms with van der Waals surface area (Å²) in [6.45, 7) is -10.2. The van der Waals surface area contributed by atoms with Crippen molar-refractivity contribution in [3.05, 3.63) is 40.9 Å². The third-order valence-electron chi connectivity index (χ3n) is 7.17. The number of imidazole rings is 2. The maximum Gasteiger partial charge on any atom is 0.439 e. The highest BCUT2D eigenvalue weighted by Crippen LogP contribution is 2.63. The molecule has 2 bridgehead atoms. The summed E-state index contributed by atoms with van der Waals surface area (Å²) >= 11 is 5.74. The molecule has 6 N–H and O–H groups in total. The van der Waals surface area contributed by atoms with Crippen LogP contribution in [0, 0.1) is 0 Å². The lowest BCUT2D eigenvalue weighted by Gasteiger charge is -2.33. The highest BCUT2D eigenvalue weighted by atomic mass is 32.7. The predicted molar refractivity (Wildman–Crippen MR) is 158 cm³/mol. The van der Waals surface area contributed by atoms with Crippen LogP contribution in [-0.4, -0.2) is 88.1 Å². The van der Waals surface area contributed by atoms with Crippen LogP contribution in [0.15, 0.2) is 35.3 Å². The van der Waals surface area contributed by atoms with Crippen LogP contribution in [-0.2, 0) is 43.9 Å². The summed E-state index contributed by atoms with van der Waals surface area (Å²) in [5.74, 6) is -1.16. The van der Waals surface area contributed by atoms with Gasteiger partial charge < -0.3 is 44.5 Å². The number of halogens is 1. The van der Waals surface area contributed by atoms with Crippen molar-refractivity contribution < 1.29 is 46.5 Å². The van der Waals surface area contributed by atoms with E-state index < -0.39 is 75.0 Å². The van der Waals surface area contributed by atoms with Gasteiger partial charge in [-0.05, 0) is 17.6 Å². The second-order valence-electron chi connectivity index (χ2n) is 9.92. The van der Waals surface area contributed by atoms with Gasteiger partial charge in [-0.15, -0.1) is 0 Å². The lowest BCUT2D eigenvalue weighted by atomic mass is 10.1. The van der Waals surface area contributed by atoms with E-state index in [9.17, 15) is 19.4 Å². The minimum absolute atomic E-state index is 0.0381. The van der Waals surface area contributed by atoms with Gasteiger partial charge in [-0.2, -0.15) is 4.98 Å². The van der Waals surface area contributed by atoms with Crippen molar-refractivity contribution in [1.29, 1.82) is 0 Å². The molecule has 7 heterocycles. The lowest BCUT2D eigenvalue weighted by Crippen LogP contribution is -2.36. The Morgan fingerprint density at radius 2 is 1.89 bits per heavy atom. The van der Waals surface area contributed by atoms with Crippen molar-refractivity contribution in [2.24, 2.45) is 0 Å². The molecule has 3 aliphatic heterocycles. The van der Waals surface area contributed by atoms with Crippen LogP contribution in [0.1, 0.15) is 12.5 Å². The number of alkyl halides is 1. The smallest absolute Gasteiger partial charge is 0.439 e. The van der Waals surface area contributed by atoms with Gasteiger partial charge >= 0.3 is 6.80 Å². The summed E-state index contributed by atoms with van der Waals surface area (Å²) in [4.78, 5) is 48.3. The summed E-state index contributed by atoms with van der Waals surface area (Å²) in [5.41, 5.74) is 11.0. The van der Waals surface area contributed by atoms with Gasteiger partial charge in [-0.25, -0.2) is 28.9 Å². The van der Waals surface area contributed by atoms with Gasteiger partial charge in [0.1, 0.15) is 49.8 Å². The minimum Gasteiger partial charge on any atom is -0.780 e. The van der Waals surface area contributed by atoms with Gasteiger partial charge in [0.05, 0.1) is 12.9 Å². The first-order valence-corrected chi connectivity index (χ1v) is 19.0. The standard InChI is InChI=1S/C21H23FN10O10P2S2/c1-46-44(36)38-2-7-12(33)14(20(39-7)32-6-28-11-17(32)29-21(24)30-18(11)34)41-43(35,45)37-3-8-13(42-44)9(22)19(40-8)31-5-27-10-15(23)25-4-26-16(10)31/h4-7,9,12,14,19-20,33H,2-3H2,1H3,(H,35,45)(H2,23,25,26)(H3,24,29,30,34)/p-1. The van der Waals surface area contributed by atoms with Gasteiger partial charge in [0.25, 0.3) is 5.56 Å². The van der Waals surface area contributed by atoms with Gasteiger partial charge in [0.2, 0.25) is 18.3 Å².